The van der Waals surface area contributed by atoms with Gasteiger partial charge >= 0.3 is 6.09 Å². The highest BCUT2D eigenvalue weighted by Crippen LogP contribution is 2.21. The Bertz CT molecular complexity index is 508. The second kappa shape index (κ2) is 6.24. The van der Waals surface area contributed by atoms with E-state index in [1.54, 1.807) is 17.3 Å². The third-order valence-electron chi connectivity index (χ3n) is 3.42. The number of hydrogen-bond donors (Lipinski definition) is 0. The molecule has 0 N–H and O–H groups in total. The maximum atomic E-state index is 12.3. The minimum Gasteiger partial charge on any atom is -0.444 e. The van der Waals surface area contributed by atoms with E-state index in [0.717, 1.165) is 5.56 Å². The fourth-order valence-electron chi connectivity index (χ4n) is 2.36. The van der Waals surface area contributed by atoms with Crippen LogP contribution in [0.25, 0.3) is 0 Å². The molecule has 0 aromatic carbocycles. The van der Waals surface area contributed by atoms with E-state index < -0.39 is 5.60 Å². The minimum atomic E-state index is -0.504. The van der Waals surface area contributed by atoms with Crippen molar-refractivity contribution in [1.29, 1.82) is 0 Å². The van der Waals surface area contributed by atoms with Crippen molar-refractivity contribution in [2.45, 2.75) is 39.2 Å². The maximum absolute atomic E-state index is 12.3. The molecule has 21 heavy (non-hydrogen) atoms. The zero-order chi connectivity index (χ0) is 15.5. The Kier molecular flexibility index (Phi) is 4.60. The Labute approximate surface area is 125 Å². The van der Waals surface area contributed by atoms with Crippen molar-refractivity contribution >= 4 is 11.9 Å². The van der Waals surface area contributed by atoms with Gasteiger partial charge in [-0.3, -0.25) is 9.78 Å². The summed E-state index contributed by atoms with van der Waals surface area (Å²) in [4.78, 5) is 29.8. The van der Waals surface area contributed by atoms with Gasteiger partial charge in [-0.1, -0.05) is 0 Å². The van der Waals surface area contributed by atoms with Crippen molar-refractivity contribution in [3.05, 3.63) is 30.1 Å². The lowest BCUT2D eigenvalue weighted by Crippen LogP contribution is -2.36. The number of ketones is 1. The number of hydrogen-bond acceptors (Lipinski definition) is 4. The largest absolute Gasteiger partial charge is 0.444 e. The number of carbonyl (C=O) groups is 2. The van der Waals surface area contributed by atoms with Crippen LogP contribution in [0.2, 0.25) is 0 Å². The second-order valence-corrected chi connectivity index (χ2v) is 6.41. The van der Waals surface area contributed by atoms with Crippen LogP contribution in [0, 0.1) is 5.92 Å². The first-order valence-electron chi connectivity index (χ1n) is 7.25. The third-order valence-corrected chi connectivity index (χ3v) is 3.42. The van der Waals surface area contributed by atoms with E-state index >= 15 is 0 Å². The number of pyridine rings is 1. The average molecular weight is 290 g/mol. The Morgan fingerprint density at radius 3 is 2.62 bits per heavy atom. The van der Waals surface area contributed by atoms with E-state index in [0.29, 0.717) is 25.9 Å². The van der Waals surface area contributed by atoms with E-state index in [2.05, 4.69) is 4.98 Å². The molecule has 5 nitrogen and oxygen atoms in total. The van der Waals surface area contributed by atoms with Crippen molar-refractivity contribution in [3.8, 4) is 0 Å². The van der Waals surface area contributed by atoms with Crippen LogP contribution >= 0.6 is 0 Å². The predicted molar refractivity (Wildman–Crippen MR) is 78.9 cm³/mol. The van der Waals surface area contributed by atoms with Crippen LogP contribution in [-0.4, -0.2) is 40.5 Å². The molecule has 1 aromatic rings. The normalized spacial score (nSPS) is 18.6. The first kappa shape index (κ1) is 15.5. The SMILES string of the molecule is CC(C)(C)OC(=O)N1CCC(C(=O)Cc2ccncc2)C1. The number of aromatic nitrogens is 1. The van der Waals surface area contributed by atoms with Gasteiger partial charge in [-0.25, -0.2) is 4.79 Å². The van der Waals surface area contributed by atoms with E-state index in [9.17, 15) is 9.59 Å². The van der Waals surface area contributed by atoms with Crippen LogP contribution in [-0.2, 0) is 16.0 Å². The molecule has 2 heterocycles. The lowest BCUT2D eigenvalue weighted by molar-refractivity contribution is -0.121. The maximum Gasteiger partial charge on any atom is 0.410 e. The molecule has 1 atom stereocenters. The predicted octanol–water partition coefficient (Wildman–Crippen LogP) is 2.45. The van der Waals surface area contributed by atoms with Crippen molar-refractivity contribution in [1.82, 2.24) is 9.88 Å². The molecular weight excluding hydrogens is 268 g/mol. The molecular formula is C16H22N2O3. The van der Waals surface area contributed by atoms with Crippen molar-refractivity contribution in [2.75, 3.05) is 13.1 Å². The van der Waals surface area contributed by atoms with Crippen molar-refractivity contribution in [2.24, 2.45) is 5.92 Å². The number of Topliss-reactive ketones (excluding diaryl/α,β-unsaturated/α-hetero) is 1. The number of rotatable bonds is 3. The molecule has 0 radical (unpaired) electrons. The Hall–Kier alpha value is -1.91. The van der Waals surface area contributed by atoms with Gasteiger partial charge in [0.05, 0.1) is 0 Å². The number of likely N-dealkylation sites (tertiary alicyclic amines) is 1. The Morgan fingerprint density at radius 1 is 1.33 bits per heavy atom. The fourth-order valence-corrected chi connectivity index (χ4v) is 2.36. The highest BCUT2D eigenvalue weighted by atomic mass is 16.6. The van der Waals surface area contributed by atoms with Crippen LogP contribution in [0.3, 0.4) is 0 Å². The number of ether oxygens (including phenoxy) is 1. The van der Waals surface area contributed by atoms with Crippen LogP contribution in [0.15, 0.2) is 24.5 Å². The molecule has 1 fully saturated rings. The molecule has 5 heteroatoms. The highest BCUT2D eigenvalue weighted by molar-refractivity contribution is 5.84. The van der Waals surface area contributed by atoms with Gasteiger partial charge in [0.15, 0.2) is 0 Å². The van der Waals surface area contributed by atoms with Gasteiger partial charge in [0, 0.05) is 37.8 Å². The van der Waals surface area contributed by atoms with Crippen molar-refractivity contribution < 1.29 is 14.3 Å². The zero-order valence-electron chi connectivity index (χ0n) is 12.8. The lowest BCUT2D eigenvalue weighted by Gasteiger charge is -2.24. The summed E-state index contributed by atoms with van der Waals surface area (Å²) in [6, 6.07) is 3.69. The molecule has 0 aliphatic carbocycles. The Balaban J connectivity index is 1.87. The zero-order valence-corrected chi connectivity index (χ0v) is 12.8. The van der Waals surface area contributed by atoms with Crippen LogP contribution in [0.4, 0.5) is 4.79 Å². The summed E-state index contributed by atoms with van der Waals surface area (Å²) in [6.07, 6.45) is 4.15. The quantitative estimate of drug-likeness (QED) is 0.858. The smallest absolute Gasteiger partial charge is 0.410 e. The number of amides is 1. The first-order valence-corrected chi connectivity index (χ1v) is 7.25. The summed E-state index contributed by atoms with van der Waals surface area (Å²) in [5.41, 5.74) is 0.460. The van der Waals surface area contributed by atoms with Gasteiger partial charge in [0.1, 0.15) is 11.4 Å². The molecule has 0 bridgehead atoms. The molecule has 0 saturated carbocycles. The van der Waals surface area contributed by atoms with Gasteiger partial charge in [-0.05, 0) is 44.9 Å². The van der Waals surface area contributed by atoms with Gasteiger partial charge in [0.2, 0.25) is 0 Å². The highest BCUT2D eigenvalue weighted by Gasteiger charge is 2.33. The fraction of sp³-hybridized carbons (Fsp3) is 0.562. The molecule has 1 aliphatic heterocycles. The lowest BCUT2D eigenvalue weighted by atomic mass is 9.98. The molecule has 114 valence electrons. The summed E-state index contributed by atoms with van der Waals surface area (Å²) >= 11 is 0. The van der Waals surface area contributed by atoms with E-state index in [1.807, 2.05) is 32.9 Å². The minimum absolute atomic E-state index is 0.0920. The molecule has 1 amide bonds. The van der Waals surface area contributed by atoms with Crippen LogP contribution in [0.5, 0.6) is 0 Å². The van der Waals surface area contributed by atoms with E-state index in [1.165, 1.54) is 0 Å². The number of nitrogens with zero attached hydrogens (tertiary/aromatic N) is 2. The summed E-state index contributed by atoms with van der Waals surface area (Å²) in [5.74, 6) is 0.0814. The van der Waals surface area contributed by atoms with Crippen molar-refractivity contribution in [3.63, 3.8) is 0 Å². The van der Waals surface area contributed by atoms with E-state index in [-0.39, 0.29) is 17.8 Å². The van der Waals surface area contributed by atoms with E-state index in [4.69, 9.17) is 4.74 Å². The van der Waals surface area contributed by atoms with Gasteiger partial charge in [-0.2, -0.15) is 0 Å². The molecule has 2 rings (SSSR count). The summed E-state index contributed by atoms with van der Waals surface area (Å²) in [6.45, 7) is 6.56. The average Bonchev–Trinajstić information content (AvgIpc) is 2.87. The number of carbonyl (C=O) groups excluding carboxylic acids is 2. The summed E-state index contributed by atoms with van der Waals surface area (Å²) in [5, 5.41) is 0. The topological polar surface area (TPSA) is 59.5 Å². The molecule has 1 saturated heterocycles. The molecule has 0 spiro atoms. The Morgan fingerprint density at radius 2 is 2.00 bits per heavy atom. The van der Waals surface area contributed by atoms with Gasteiger partial charge in [-0.15, -0.1) is 0 Å². The summed E-state index contributed by atoms with van der Waals surface area (Å²) < 4.78 is 5.34. The monoisotopic (exact) mass is 290 g/mol. The van der Waals surface area contributed by atoms with Crippen LogP contribution < -0.4 is 0 Å². The summed E-state index contributed by atoms with van der Waals surface area (Å²) in [7, 11) is 0. The standard InChI is InChI=1S/C16H22N2O3/c1-16(2,3)21-15(20)18-9-6-13(11-18)14(19)10-12-4-7-17-8-5-12/h4-5,7-8,13H,6,9-11H2,1-3H3. The molecule has 1 aromatic heterocycles. The third kappa shape index (κ3) is 4.55. The molecule has 1 unspecified atom stereocenters. The first-order chi connectivity index (χ1) is 9.85. The second-order valence-electron chi connectivity index (χ2n) is 6.41. The van der Waals surface area contributed by atoms with Gasteiger partial charge in [0.25, 0.3) is 0 Å². The molecule has 1 aliphatic rings. The van der Waals surface area contributed by atoms with Crippen LogP contribution in [0.1, 0.15) is 32.8 Å². The van der Waals surface area contributed by atoms with Gasteiger partial charge < -0.3 is 9.64 Å².